The Bertz CT molecular complexity index is 484. The van der Waals surface area contributed by atoms with Gasteiger partial charge in [0.25, 0.3) is 0 Å². The first-order chi connectivity index (χ1) is 8.15. The third-order valence-corrected chi connectivity index (χ3v) is 5.62. The Balaban J connectivity index is 2.38. The fourth-order valence-corrected chi connectivity index (χ4v) is 4.66. The van der Waals surface area contributed by atoms with Crippen molar-refractivity contribution in [2.24, 2.45) is 0 Å². The third kappa shape index (κ3) is 2.74. The molecule has 0 N–H and O–H groups in total. The Labute approximate surface area is 119 Å². The van der Waals surface area contributed by atoms with Crippen LogP contribution in [0.25, 0.3) is 0 Å². The molecule has 0 saturated heterocycles. The topological polar surface area (TPSA) is 3.24 Å². The maximum atomic E-state index is 6.06. The van der Waals surface area contributed by atoms with Gasteiger partial charge in [-0.25, -0.2) is 0 Å². The van der Waals surface area contributed by atoms with Gasteiger partial charge in [-0.1, -0.05) is 0 Å². The molecule has 1 aliphatic heterocycles. The van der Waals surface area contributed by atoms with E-state index in [0.717, 1.165) is 22.9 Å². The molecule has 0 spiro atoms. The van der Waals surface area contributed by atoms with Crippen LogP contribution in [0.2, 0.25) is 5.02 Å². The number of thiocarbonyl (C=S) groups is 1. The molecular weight excluding hydrogens is 317 g/mol. The van der Waals surface area contributed by atoms with E-state index in [-0.39, 0.29) is 0 Å². The van der Waals surface area contributed by atoms with Gasteiger partial charge in [0.2, 0.25) is 0 Å². The molecule has 2 rings (SSSR count). The van der Waals surface area contributed by atoms with Crippen LogP contribution >= 0.6 is 23.8 Å². The molecule has 0 radical (unpaired) electrons. The minimum absolute atomic E-state index is 0.356. The zero-order chi connectivity index (χ0) is 12.4. The molecule has 0 saturated carbocycles. The van der Waals surface area contributed by atoms with Crippen molar-refractivity contribution in [1.29, 1.82) is 0 Å². The molecule has 0 unspecified atom stereocenters. The van der Waals surface area contributed by atoms with Crippen LogP contribution in [0.3, 0.4) is 0 Å². The second-order valence-electron chi connectivity index (χ2n) is 3.76. The summed E-state index contributed by atoms with van der Waals surface area (Å²) in [6.07, 6.45) is 3.09. The van der Waals surface area contributed by atoms with Crippen LogP contribution < -0.4 is 9.36 Å². The minimum atomic E-state index is 0.356. The number of hydrogen-bond donors (Lipinski definition) is 0. The van der Waals surface area contributed by atoms with Crippen LogP contribution in [0.5, 0.6) is 0 Å². The van der Waals surface area contributed by atoms with Crippen LogP contribution in [0.4, 0.5) is 5.69 Å². The Kier molecular flexibility index (Phi) is 4.26. The van der Waals surface area contributed by atoms with E-state index in [1.165, 1.54) is 14.7 Å². The third-order valence-electron chi connectivity index (χ3n) is 2.64. The summed E-state index contributed by atoms with van der Waals surface area (Å²) in [5.41, 5.74) is 1.25. The van der Waals surface area contributed by atoms with Crippen molar-refractivity contribution in [1.82, 2.24) is 0 Å². The van der Waals surface area contributed by atoms with Gasteiger partial charge in [-0.3, -0.25) is 0 Å². The van der Waals surface area contributed by atoms with Gasteiger partial charge in [0.05, 0.1) is 0 Å². The van der Waals surface area contributed by atoms with E-state index < -0.39 is 0 Å². The summed E-state index contributed by atoms with van der Waals surface area (Å²) in [4.78, 5) is 3.35. The van der Waals surface area contributed by atoms with Gasteiger partial charge >= 0.3 is 119 Å². The van der Waals surface area contributed by atoms with Gasteiger partial charge in [0, 0.05) is 0 Å². The Morgan fingerprint density at radius 2 is 2.24 bits per heavy atom. The van der Waals surface area contributed by atoms with Crippen molar-refractivity contribution < 1.29 is 0 Å². The van der Waals surface area contributed by atoms with E-state index >= 15 is 0 Å². The molecule has 0 amide bonds. The zero-order valence-corrected chi connectivity index (χ0v) is 13.2. The van der Waals surface area contributed by atoms with E-state index in [4.69, 9.17) is 23.8 Å². The fourth-order valence-electron chi connectivity index (χ4n) is 1.75. The van der Waals surface area contributed by atoms with Crippen LogP contribution in [-0.4, -0.2) is 26.4 Å². The van der Waals surface area contributed by atoms with Gasteiger partial charge in [-0.15, -0.1) is 0 Å². The molecule has 0 fully saturated rings. The first kappa shape index (κ1) is 13.1. The molecule has 1 nitrogen and oxygen atoms in total. The molecule has 90 valence electrons. The number of nitrogens with zero attached hydrogens (tertiary/aromatic N) is 1. The van der Waals surface area contributed by atoms with E-state index in [1.807, 2.05) is 6.07 Å². The average molecular weight is 331 g/mol. The van der Waals surface area contributed by atoms with Gasteiger partial charge in [-0.05, 0) is 0 Å². The van der Waals surface area contributed by atoms with Crippen molar-refractivity contribution in [3.05, 3.63) is 33.9 Å². The van der Waals surface area contributed by atoms with Crippen molar-refractivity contribution in [2.45, 2.75) is 20.3 Å². The summed E-state index contributed by atoms with van der Waals surface area (Å²) < 4.78 is 2.75. The number of anilines is 1. The second-order valence-corrected chi connectivity index (χ2v) is 6.95. The van der Waals surface area contributed by atoms with Gasteiger partial charge in [0.1, 0.15) is 0 Å². The number of halogens is 1. The Morgan fingerprint density at radius 3 is 2.88 bits per heavy atom. The summed E-state index contributed by atoms with van der Waals surface area (Å²) in [5, 5.41) is 0.803. The van der Waals surface area contributed by atoms with Crippen LogP contribution in [0.1, 0.15) is 20.3 Å². The second kappa shape index (κ2) is 5.53. The first-order valence-electron chi connectivity index (χ1n) is 5.65. The van der Waals surface area contributed by atoms with Crippen LogP contribution in [0.15, 0.2) is 28.9 Å². The molecule has 1 aromatic carbocycles. The van der Waals surface area contributed by atoms with E-state index in [2.05, 4.69) is 37.0 Å². The first-order valence-corrected chi connectivity index (χ1v) is 8.15. The molecule has 1 heterocycles. The summed E-state index contributed by atoms with van der Waals surface area (Å²) in [6.45, 7) is 5.23. The van der Waals surface area contributed by atoms with Crippen molar-refractivity contribution in [2.75, 3.05) is 11.4 Å². The summed E-state index contributed by atoms with van der Waals surface area (Å²) in [7, 11) is 0. The molecule has 0 aliphatic carbocycles. The quantitative estimate of drug-likeness (QED) is 0.476. The standard InChI is InChI=1S/C13H14ClNSSe/c1-3-10(16)8-13-15(4-2)11-7-9(14)5-6-12(11)17-13/h5-8H,3-4H2,1-2H3. The average Bonchev–Trinajstić information content (AvgIpc) is 2.65. The number of allylic oxidation sites excluding steroid dienone is 1. The van der Waals surface area contributed by atoms with Crippen molar-refractivity contribution >= 4 is 53.8 Å². The molecule has 4 heteroatoms. The Morgan fingerprint density at radius 1 is 1.47 bits per heavy atom. The fraction of sp³-hybridized carbons (Fsp3) is 0.308. The summed E-state index contributed by atoms with van der Waals surface area (Å²) in [5.74, 6) is 0. The van der Waals surface area contributed by atoms with Crippen LogP contribution in [-0.2, 0) is 0 Å². The predicted octanol–water partition coefficient (Wildman–Crippen LogP) is 3.13. The van der Waals surface area contributed by atoms with E-state index in [1.54, 1.807) is 0 Å². The van der Waals surface area contributed by atoms with Gasteiger partial charge < -0.3 is 0 Å². The molecule has 1 aliphatic rings. The van der Waals surface area contributed by atoms with Crippen molar-refractivity contribution in [3.8, 4) is 0 Å². The molecule has 1 aromatic rings. The molecule has 0 atom stereocenters. The number of rotatable bonds is 3. The predicted molar refractivity (Wildman–Crippen MR) is 80.8 cm³/mol. The van der Waals surface area contributed by atoms with Gasteiger partial charge in [-0.2, -0.15) is 0 Å². The number of hydrogen-bond acceptors (Lipinski definition) is 2. The van der Waals surface area contributed by atoms with Crippen molar-refractivity contribution in [3.63, 3.8) is 0 Å². The SMILES string of the molecule is CCC(=S)C=C1[Se]c2ccc(Cl)cc2N1CC. The van der Waals surface area contributed by atoms with Crippen LogP contribution in [0, 0.1) is 0 Å². The summed E-state index contributed by atoms with van der Waals surface area (Å²) >= 11 is 11.7. The molecular formula is C13H14ClNSSe. The normalized spacial score (nSPS) is 16.4. The maximum absolute atomic E-state index is 6.06. The van der Waals surface area contributed by atoms with E-state index in [0.29, 0.717) is 15.0 Å². The molecule has 0 bridgehead atoms. The zero-order valence-electron chi connectivity index (χ0n) is 9.87. The summed E-state index contributed by atoms with van der Waals surface area (Å²) in [6, 6.07) is 6.16. The molecule has 17 heavy (non-hydrogen) atoms. The monoisotopic (exact) mass is 331 g/mol. The number of benzene rings is 1. The Hall–Kier alpha value is -0.341. The van der Waals surface area contributed by atoms with E-state index in [9.17, 15) is 0 Å². The number of fused-ring (bicyclic) bond motifs is 1. The van der Waals surface area contributed by atoms with Gasteiger partial charge in [0.15, 0.2) is 0 Å². The molecule has 0 aromatic heterocycles.